The van der Waals surface area contributed by atoms with Crippen LogP contribution in [0.25, 0.3) is 0 Å². The van der Waals surface area contributed by atoms with Gasteiger partial charge in [-0.25, -0.2) is 0 Å². The molecule has 0 radical (unpaired) electrons. The van der Waals surface area contributed by atoms with Crippen LogP contribution in [0.5, 0.6) is 11.5 Å². The second-order valence-corrected chi connectivity index (χ2v) is 4.38. The summed E-state index contributed by atoms with van der Waals surface area (Å²) >= 11 is 0. The maximum atomic E-state index is 5.95. The smallest absolute Gasteiger partial charge is 0.133 e. The fourth-order valence-corrected chi connectivity index (χ4v) is 2.36. The first kappa shape index (κ1) is 11.0. The molecule has 0 aliphatic carbocycles. The van der Waals surface area contributed by atoms with Gasteiger partial charge in [-0.1, -0.05) is 6.07 Å². The van der Waals surface area contributed by atoms with Gasteiger partial charge in [0.05, 0.1) is 0 Å². The first-order chi connectivity index (χ1) is 8.81. The molecule has 18 heavy (non-hydrogen) atoms. The van der Waals surface area contributed by atoms with Gasteiger partial charge in [-0.2, -0.15) is 0 Å². The summed E-state index contributed by atoms with van der Waals surface area (Å²) < 4.78 is 5.95. The summed E-state index contributed by atoms with van der Waals surface area (Å²) in [7, 11) is 3.87. The summed E-state index contributed by atoms with van der Waals surface area (Å²) in [5, 5.41) is 6.38. The fourth-order valence-electron chi connectivity index (χ4n) is 2.36. The van der Waals surface area contributed by atoms with E-state index in [9.17, 15) is 0 Å². The van der Waals surface area contributed by atoms with E-state index in [-0.39, 0.29) is 0 Å². The molecule has 0 atom stereocenters. The van der Waals surface area contributed by atoms with Gasteiger partial charge in [0, 0.05) is 43.0 Å². The van der Waals surface area contributed by atoms with E-state index >= 15 is 0 Å². The lowest BCUT2D eigenvalue weighted by Crippen LogP contribution is -2.06. The molecule has 3 rings (SSSR count). The number of benzene rings is 2. The lowest BCUT2D eigenvalue weighted by molar-refractivity contribution is 0.460. The highest BCUT2D eigenvalue weighted by Gasteiger charge is 2.19. The summed E-state index contributed by atoms with van der Waals surface area (Å²) in [6.45, 7) is 0. The number of rotatable bonds is 2. The monoisotopic (exact) mass is 240 g/mol. The molecule has 1 aliphatic rings. The third-order valence-corrected chi connectivity index (χ3v) is 3.34. The third-order valence-electron chi connectivity index (χ3n) is 3.34. The predicted molar refractivity (Wildman–Crippen MR) is 74.9 cm³/mol. The Hall–Kier alpha value is -2.16. The first-order valence-corrected chi connectivity index (χ1v) is 6.10. The summed E-state index contributed by atoms with van der Waals surface area (Å²) in [6, 6.07) is 12.3. The van der Waals surface area contributed by atoms with Crippen LogP contribution in [0.2, 0.25) is 0 Å². The Bertz CT molecular complexity index is 593. The van der Waals surface area contributed by atoms with E-state index in [0.29, 0.717) is 0 Å². The molecule has 1 aliphatic heterocycles. The number of ether oxygens (including phenoxy) is 1. The molecule has 0 saturated carbocycles. The number of hydrogen-bond acceptors (Lipinski definition) is 3. The Morgan fingerprint density at radius 2 is 1.89 bits per heavy atom. The Kier molecular flexibility index (Phi) is 2.59. The highest BCUT2D eigenvalue weighted by molar-refractivity contribution is 5.64. The molecule has 0 fully saturated rings. The van der Waals surface area contributed by atoms with Gasteiger partial charge in [-0.05, 0) is 30.3 Å². The number of anilines is 2. The van der Waals surface area contributed by atoms with Crippen molar-refractivity contribution in [2.45, 2.75) is 6.42 Å². The SMILES string of the molecule is CNc1ccc2c(c1)Cc1c(NC)cccc1O2. The molecule has 0 aromatic heterocycles. The zero-order valence-corrected chi connectivity index (χ0v) is 10.6. The van der Waals surface area contributed by atoms with Crippen molar-refractivity contribution >= 4 is 11.4 Å². The Labute approximate surface area is 107 Å². The van der Waals surface area contributed by atoms with Gasteiger partial charge in [0.25, 0.3) is 0 Å². The highest BCUT2D eigenvalue weighted by Crippen LogP contribution is 2.40. The van der Waals surface area contributed by atoms with E-state index < -0.39 is 0 Å². The topological polar surface area (TPSA) is 33.3 Å². The maximum absolute atomic E-state index is 5.95. The van der Waals surface area contributed by atoms with Crippen molar-refractivity contribution in [1.29, 1.82) is 0 Å². The van der Waals surface area contributed by atoms with E-state index in [0.717, 1.165) is 29.3 Å². The van der Waals surface area contributed by atoms with Gasteiger partial charge >= 0.3 is 0 Å². The molecule has 2 N–H and O–H groups in total. The Morgan fingerprint density at radius 3 is 2.67 bits per heavy atom. The predicted octanol–water partition coefficient (Wildman–Crippen LogP) is 3.47. The van der Waals surface area contributed by atoms with Crippen LogP contribution in [-0.4, -0.2) is 14.1 Å². The van der Waals surface area contributed by atoms with E-state index in [1.165, 1.54) is 11.1 Å². The van der Waals surface area contributed by atoms with Crippen LogP contribution in [0.4, 0.5) is 11.4 Å². The van der Waals surface area contributed by atoms with Gasteiger partial charge in [-0.15, -0.1) is 0 Å². The minimum absolute atomic E-state index is 0.900. The van der Waals surface area contributed by atoms with Crippen LogP contribution < -0.4 is 15.4 Å². The minimum atomic E-state index is 0.900. The summed E-state index contributed by atoms with van der Waals surface area (Å²) in [4.78, 5) is 0. The first-order valence-electron chi connectivity index (χ1n) is 6.10. The van der Waals surface area contributed by atoms with Gasteiger partial charge in [0.1, 0.15) is 11.5 Å². The summed E-state index contributed by atoms with van der Waals surface area (Å²) in [5.41, 5.74) is 4.69. The molecule has 2 aromatic rings. The molecule has 0 saturated heterocycles. The molecule has 0 spiro atoms. The zero-order chi connectivity index (χ0) is 12.5. The lowest BCUT2D eigenvalue weighted by atomic mass is 9.98. The van der Waals surface area contributed by atoms with Crippen LogP contribution >= 0.6 is 0 Å². The number of fused-ring (bicyclic) bond motifs is 2. The quantitative estimate of drug-likeness (QED) is 0.719. The second kappa shape index (κ2) is 4.26. The van der Waals surface area contributed by atoms with Crippen molar-refractivity contribution in [2.75, 3.05) is 24.7 Å². The van der Waals surface area contributed by atoms with Gasteiger partial charge < -0.3 is 15.4 Å². The molecule has 0 bridgehead atoms. The number of hydrogen-bond donors (Lipinski definition) is 2. The molecular weight excluding hydrogens is 224 g/mol. The maximum Gasteiger partial charge on any atom is 0.133 e. The van der Waals surface area contributed by atoms with Gasteiger partial charge in [0.2, 0.25) is 0 Å². The summed E-state index contributed by atoms with van der Waals surface area (Å²) in [5.74, 6) is 1.90. The van der Waals surface area contributed by atoms with E-state index in [2.05, 4.69) is 22.8 Å². The van der Waals surface area contributed by atoms with Crippen LogP contribution in [0.3, 0.4) is 0 Å². The van der Waals surface area contributed by atoms with E-state index in [1.807, 2.05) is 38.4 Å². The summed E-state index contributed by atoms with van der Waals surface area (Å²) in [6.07, 6.45) is 0.900. The average Bonchev–Trinajstić information content (AvgIpc) is 2.43. The van der Waals surface area contributed by atoms with Crippen molar-refractivity contribution in [3.63, 3.8) is 0 Å². The minimum Gasteiger partial charge on any atom is -0.457 e. The standard InChI is InChI=1S/C15H16N2O/c1-16-11-6-7-14-10(8-11)9-12-13(17-2)4-3-5-15(12)18-14/h3-8,16-17H,9H2,1-2H3. The van der Waals surface area contributed by atoms with E-state index in [4.69, 9.17) is 4.74 Å². The van der Waals surface area contributed by atoms with Crippen LogP contribution in [0.1, 0.15) is 11.1 Å². The lowest BCUT2D eigenvalue weighted by Gasteiger charge is -2.23. The zero-order valence-electron chi connectivity index (χ0n) is 10.6. The molecule has 2 aromatic carbocycles. The van der Waals surface area contributed by atoms with Crippen molar-refractivity contribution in [1.82, 2.24) is 0 Å². The largest absolute Gasteiger partial charge is 0.457 e. The van der Waals surface area contributed by atoms with Crippen LogP contribution in [-0.2, 0) is 6.42 Å². The molecular formula is C15H16N2O. The fraction of sp³-hybridized carbons (Fsp3) is 0.200. The average molecular weight is 240 g/mol. The van der Waals surface area contributed by atoms with Crippen molar-refractivity contribution in [3.8, 4) is 11.5 Å². The van der Waals surface area contributed by atoms with Crippen LogP contribution in [0, 0.1) is 0 Å². The van der Waals surface area contributed by atoms with Gasteiger partial charge in [0.15, 0.2) is 0 Å². The molecule has 1 heterocycles. The molecule has 0 amide bonds. The second-order valence-electron chi connectivity index (χ2n) is 4.38. The highest BCUT2D eigenvalue weighted by atomic mass is 16.5. The third kappa shape index (κ3) is 1.68. The molecule has 3 nitrogen and oxygen atoms in total. The van der Waals surface area contributed by atoms with E-state index in [1.54, 1.807) is 0 Å². The molecule has 0 unspecified atom stereocenters. The Morgan fingerprint density at radius 1 is 1.00 bits per heavy atom. The van der Waals surface area contributed by atoms with Gasteiger partial charge in [-0.3, -0.25) is 0 Å². The van der Waals surface area contributed by atoms with Crippen LogP contribution in [0.15, 0.2) is 36.4 Å². The normalized spacial score (nSPS) is 12.1. The number of nitrogens with one attached hydrogen (secondary N) is 2. The van der Waals surface area contributed by atoms with Crippen molar-refractivity contribution in [3.05, 3.63) is 47.5 Å². The molecule has 3 heteroatoms. The van der Waals surface area contributed by atoms with Crippen molar-refractivity contribution < 1.29 is 4.74 Å². The molecule has 92 valence electrons. The van der Waals surface area contributed by atoms with Crippen molar-refractivity contribution in [2.24, 2.45) is 0 Å². The Balaban J connectivity index is 2.06.